The maximum absolute atomic E-state index is 10.5. The number of H-pyrrole nitrogens is 2. The maximum Gasteiger partial charge on any atom is 0.340 e. The fraction of sp³-hybridized carbons (Fsp3) is 0.600. The molecule has 6 heteroatoms. The first-order chi connectivity index (χ1) is 5.24. The average molecular weight is 158 g/mol. The van der Waals surface area contributed by atoms with E-state index in [0.29, 0.717) is 12.4 Å². The molecule has 62 valence electrons. The van der Waals surface area contributed by atoms with E-state index in [1.54, 1.807) is 0 Å². The Bertz CT molecular complexity index is 265. The lowest BCUT2D eigenvalue weighted by Gasteiger charge is -2.04. The molecule has 0 aliphatic rings. The van der Waals surface area contributed by atoms with Gasteiger partial charge in [-0.3, -0.25) is 4.98 Å². The number of aromatic nitrogens is 3. The Balaban J connectivity index is 2.68. The van der Waals surface area contributed by atoms with Crippen molar-refractivity contribution in [1.29, 1.82) is 0 Å². The highest BCUT2D eigenvalue weighted by molar-refractivity contribution is 4.88. The Morgan fingerprint density at radius 1 is 1.82 bits per heavy atom. The molecular weight excluding hydrogens is 148 g/mol. The number of aromatic amines is 2. The number of nitrogens with zero attached hydrogens (tertiary/aromatic N) is 1. The molecule has 1 rings (SSSR count). The van der Waals surface area contributed by atoms with Crippen molar-refractivity contribution in [3.05, 3.63) is 16.3 Å². The molecule has 11 heavy (non-hydrogen) atoms. The summed E-state index contributed by atoms with van der Waals surface area (Å²) < 4.78 is 4.77. The van der Waals surface area contributed by atoms with E-state index in [9.17, 15) is 4.79 Å². The first-order valence-corrected chi connectivity index (χ1v) is 3.13. The quantitative estimate of drug-likeness (QED) is 0.511. The van der Waals surface area contributed by atoms with Crippen LogP contribution in [0.1, 0.15) is 11.9 Å². The summed E-state index contributed by atoms with van der Waals surface area (Å²) in [6.07, 6.45) is 0. The van der Waals surface area contributed by atoms with E-state index < -0.39 is 0 Å². The van der Waals surface area contributed by atoms with Crippen LogP contribution in [0.3, 0.4) is 0 Å². The molecule has 0 aromatic carbocycles. The van der Waals surface area contributed by atoms with Gasteiger partial charge < -0.3 is 10.5 Å². The van der Waals surface area contributed by atoms with Crippen LogP contribution in [-0.4, -0.2) is 28.9 Å². The lowest BCUT2D eigenvalue weighted by molar-refractivity contribution is 0.178. The largest absolute Gasteiger partial charge is 0.383 e. The van der Waals surface area contributed by atoms with Crippen molar-refractivity contribution in [2.75, 3.05) is 13.7 Å². The standard InChI is InChI=1S/C5H10N4O2/c1-11-2-3(6)4-7-5(10)9-8-4/h3H,2,6H2,1H3,(H2,7,8,9,10)/t3-/m1/s1. The fourth-order valence-electron chi connectivity index (χ4n) is 0.717. The van der Waals surface area contributed by atoms with Crippen LogP contribution in [0.15, 0.2) is 4.79 Å². The average Bonchev–Trinajstić information content (AvgIpc) is 2.36. The monoisotopic (exact) mass is 158 g/mol. The van der Waals surface area contributed by atoms with Crippen molar-refractivity contribution < 1.29 is 4.74 Å². The van der Waals surface area contributed by atoms with E-state index in [4.69, 9.17) is 10.5 Å². The SMILES string of the molecule is COC[C@@H](N)c1n[nH]c(=O)[nH]1. The van der Waals surface area contributed by atoms with Gasteiger partial charge in [-0.05, 0) is 0 Å². The first-order valence-electron chi connectivity index (χ1n) is 3.13. The van der Waals surface area contributed by atoms with E-state index >= 15 is 0 Å². The van der Waals surface area contributed by atoms with E-state index in [1.807, 2.05) is 0 Å². The minimum atomic E-state index is -0.376. The van der Waals surface area contributed by atoms with Gasteiger partial charge in [-0.1, -0.05) is 0 Å². The van der Waals surface area contributed by atoms with Crippen LogP contribution < -0.4 is 11.4 Å². The molecule has 0 radical (unpaired) electrons. The summed E-state index contributed by atoms with van der Waals surface area (Å²) in [4.78, 5) is 13.0. The van der Waals surface area contributed by atoms with Gasteiger partial charge in [0.2, 0.25) is 0 Å². The lowest BCUT2D eigenvalue weighted by atomic mass is 10.3. The normalized spacial score (nSPS) is 13.3. The molecule has 0 unspecified atom stereocenters. The minimum Gasteiger partial charge on any atom is -0.383 e. The smallest absolute Gasteiger partial charge is 0.340 e. The number of methoxy groups -OCH3 is 1. The lowest BCUT2D eigenvalue weighted by Crippen LogP contribution is -2.18. The zero-order valence-corrected chi connectivity index (χ0v) is 6.13. The minimum absolute atomic E-state index is 0.334. The molecule has 0 saturated heterocycles. The van der Waals surface area contributed by atoms with Gasteiger partial charge in [-0.15, -0.1) is 0 Å². The third-order valence-electron chi connectivity index (χ3n) is 1.22. The number of rotatable bonds is 3. The van der Waals surface area contributed by atoms with Crippen LogP contribution >= 0.6 is 0 Å². The van der Waals surface area contributed by atoms with Crippen molar-refractivity contribution in [3.8, 4) is 0 Å². The van der Waals surface area contributed by atoms with Crippen LogP contribution in [-0.2, 0) is 4.74 Å². The Kier molecular flexibility index (Phi) is 2.40. The molecule has 0 bridgehead atoms. The molecular formula is C5H10N4O2. The summed E-state index contributed by atoms with van der Waals surface area (Å²) in [6.45, 7) is 0.334. The maximum atomic E-state index is 10.5. The molecule has 1 aromatic rings. The van der Waals surface area contributed by atoms with Crippen molar-refractivity contribution in [1.82, 2.24) is 15.2 Å². The molecule has 4 N–H and O–H groups in total. The zero-order valence-electron chi connectivity index (χ0n) is 6.13. The van der Waals surface area contributed by atoms with Crippen molar-refractivity contribution in [2.24, 2.45) is 5.73 Å². The predicted octanol–water partition coefficient (Wildman–Crippen LogP) is -1.26. The van der Waals surface area contributed by atoms with E-state index in [-0.39, 0.29) is 11.7 Å². The molecule has 1 atom stereocenters. The van der Waals surface area contributed by atoms with Gasteiger partial charge in [-0.2, -0.15) is 5.10 Å². The van der Waals surface area contributed by atoms with Gasteiger partial charge in [-0.25, -0.2) is 9.89 Å². The second-order valence-corrected chi connectivity index (χ2v) is 2.12. The second kappa shape index (κ2) is 3.31. The van der Waals surface area contributed by atoms with Crippen LogP contribution in [0.5, 0.6) is 0 Å². The van der Waals surface area contributed by atoms with Crippen LogP contribution in [0, 0.1) is 0 Å². The summed E-state index contributed by atoms with van der Waals surface area (Å²) in [5, 5.41) is 5.85. The summed E-state index contributed by atoms with van der Waals surface area (Å²) in [5.74, 6) is 0.414. The van der Waals surface area contributed by atoms with Gasteiger partial charge in [0.05, 0.1) is 12.6 Å². The third-order valence-corrected chi connectivity index (χ3v) is 1.22. The highest BCUT2D eigenvalue weighted by Gasteiger charge is 2.08. The Labute approximate surface area is 62.8 Å². The third kappa shape index (κ3) is 1.89. The molecule has 6 nitrogen and oxygen atoms in total. The first kappa shape index (κ1) is 7.96. The number of hydrogen-bond acceptors (Lipinski definition) is 4. The van der Waals surface area contributed by atoms with Crippen LogP contribution in [0.4, 0.5) is 0 Å². The summed E-state index contributed by atoms with van der Waals surface area (Å²) in [5.41, 5.74) is 5.19. The molecule has 1 aromatic heterocycles. The Hall–Kier alpha value is -1.14. The number of hydrogen-bond donors (Lipinski definition) is 3. The van der Waals surface area contributed by atoms with E-state index in [1.165, 1.54) is 7.11 Å². The van der Waals surface area contributed by atoms with Gasteiger partial charge in [0.15, 0.2) is 0 Å². The molecule has 0 spiro atoms. The Morgan fingerprint density at radius 3 is 3.00 bits per heavy atom. The molecule has 0 saturated carbocycles. The van der Waals surface area contributed by atoms with Crippen molar-refractivity contribution in [3.63, 3.8) is 0 Å². The number of nitrogens with two attached hydrogens (primary N) is 1. The zero-order chi connectivity index (χ0) is 8.27. The van der Waals surface area contributed by atoms with Crippen molar-refractivity contribution in [2.45, 2.75) is 6.04 Å². The summed E-state index contributed by atoms with van der Waals surface area (Å²) >= 11 is 0. The second-order valence-electron chi connectivity index (χ2n) is 2.12. The fourth-order valence-corrected chi connectivity index (χ4v) is 0.717. The number of ether oxygens (including phenoxy) is 1. The summed E-state index contributed by atoms with van der Waals surface area (Å²) in [7, 11) is 1.53. The van der Waals surface area contributed by atoms with E-state index in [2.05, 4.69) is 15.2 Å². The molecule has 1 heterocycles. The highest BCUT2D eigenvalue weighted by atomic mass is 16.5. The topological polar surface area (TPSA) is 96.8 Å². The molecule has 0 amide bonds. The highest BCUT2D eigenvalue weighted by Crippen LogP contribution is 1.98. The van der Waals surface area contributed by atoms with E-state index in [0.717, 1.165) is 0 Å². The molecule has 0 fully saturated rings. The molecule has 0 aliphatic heterocycles. The number of nitrogens with one attached hydrogen (secondary N) is 2. The van der Waals surface area contributed by atoms with Crippen LogP contribution in [0.25, 0.3) is 0 Å². The van der Waals surface area contributed by atoms with Gasteiger partial charge in [0.1, 0.15) is 5.82 Å². The van der Waals surface area contributed by atoms with Gasteiger partial charge >= 0.3 is 5.69 Å². The summed E-state index contributed by atoms with van der Waals surface area (Å²) in [6, 6.07) is -0.376. The predicted molar refractivity (Wildman–Crippen MR) is 38.0 cm³/mol. The van der Waals surface area contributed by atoms with Gasteiger partial charge in [0, 0.05) is 7.11 Å². The van der Waals surface area contributed by atoms with Gasteiger partial charge in [0.25, 0.3) is 0 Å². The van der Waals surface area contributed by atoms with Crippen molar-refractivity contribution >= 4 is 0 Å². The Morgan fingerprint density at radius 2 is 2.55 bits per heavy atom. The van der Waals surface area contributed by atoms with Crippen LogP contribution in [0.2, 0.25) is 0 Å². The molecule has 0 aliphatic carbocycles.